The van der Waals surface area contributed by atoms with E-state index in [2.05, 4.69) is 30.9 Å². The van der Waals surface area contributed by atoms with Gasteiger partial charge in [0.1, 0.15) is 11.4 Å². The number of nitrogens with zero attached hydrogens (tertiary/aromatic N) is 6. The zero-order chi connectivity index (χ0) is 27.5. The Morgan fingerprint density at radius 1 is 1.10 bits per heavy atom. The molecular weight excluding hydrogens is 498 g/mol. The number of aromatic nitrogens is 5. The van der Waals surface area contributed by atoms with Crippen LogP contribution in [0.15, 0.2) is 53.5 Å². The van der Waals surface area contributed by atoms with E-state index < -0.39 is 0 Å². The number of anilines is 2. The molecule has 0 saturated carbocycles. The average Bonchev–Trinajstić information content (AvgIpc) is 3.60. The Labute approximate surface area is 225 Å². The maximum atomic E-state index is 13.4. The summed E-state index contributed by atoms with van der Waals surface area (Å²) in [5.74, 6) is 0.782. The number of hydrogen-bond donors (Lipinski definition) is 3. The molecule has 1 aliphatic rings. The van der Waals surface area contributed by atoms with Crippen molar-refractivity contribution >= 4 is 29.2 Å². The van der Waals surface area contributed by atoms with Crippen molar-refractivity contribution in [1.82, 2.24) is 34.6 Å². The largest absolute Gasteiger partial charge is 0.353 e. The van der Waals surface area contributed by atoms with Crippen molar-refractivity contribution in [3.8, 4) is 5.69 Å². The Bertz CT molecular complexity index is 1550. The van der Waals surface area contributed by atoms with Gasteiger partial charge in [0.05, 0.1) is 17.6 Å². The summed E-state index contributed by atoms with van der Waals surface area (Å²) in [4.78, 5) is 45.1. The van der Waals surface area contributed by atoms with Crippen LogP contribution in [0, 0.1) is 6.92 Å². The van der Waals surface area contributed by atoms with E-state index in [0.717, 1.165) is 24.3 Å². The predicted octanol–water partition coefficient (Wildman–Crippen LogP) is 2.55. The molecule has 3 N–H and O–H groups in total. The summed E-state index contributed by atoms with van der Waals surface area (Å²) >= 11 is 0. The Balaban J connectivity index is 1.30. The number of carbonyl (C=O) groups excluding carboxylic acids is 2. The Hall–Kier alpha value is -4.61. The molecule has 5 rings (SSSR count). The van der Waals surface area contributed by atoms with Crippen molar-refractivity contribution in [2.75, 3.05) is 29.9 Å². The lowest BCUT2D eigenvalue weighted by molar-refractivity contribution is 0.0938. The molecule has 0 unspecified atom stereocenters. The Kier molecular flexibility index (Phi) is 7.35. The summed E-state index contributed by atoms with van der Waals surface area (Å²) in [7, 11) is 0. The summed E-state index contributed by atoms with van der Waals surface area (Å²) < 4.78 is 5.09. The molecule has 1 aromatic carbocycles. The number of nitrogens with one attached hydrogen (secondary N) is 3. The van der Waals surface area contributed by atoms with Crippen molar-refractivity contribution in [2.45, 2.75) is 46.2 Å². The number of fused-ring (bicyclic) bond motifs is 1. The van der Waals surface area contributed by atoms with Crippen LogP contribution < -0.4 is 26.4 Å². The van der Waals surface area contributed by atoms with E-state index in [1.165, 1.54) is 0 Å². The SMILES string of the molecule is CCCn1c(C)c(C(=O)N[C@H]2CCN(c3ccc4nc(NC(=O)NCC)cn4n3)C2)c(=O)n1-c1ccccc1. The predicted molar refractivity (Wildman–Crippen MR) is 149 cm³/mol. The van der Waals surface area contributed by atoms with Gasteiger partial charge in [-0.15, -0.1) is 5.10 Å². The number of carbonyl (C=O) groups is 2. The Morgan fingerprint density at radius 2 is 1.90 bits per heavy atom. The van der Waals surface area contributed by atoms with Gasteiger partial charge >= 0.3 is 6.03 Å². The van der Waals surface area contributed by atoms with Crippen molar-refractivity contribution in [3.63, 3.8) is 0 Å². The number of para-hydroxylation sites is 1. The maximum absolute atomic E-state index is 13.4. The van der Waals surface area contributed by atoms with E-state index in [1.54, 1.807) is 15.4 Å². The van der Waals surface area contributed by atoms with Crippen LogP contribution in [-0.2, 0) is 6.54 Å². The van der Waals surface area contributed by atoms with E-state index in [4.69, 9.17) is 0 Å². The summed E-state index contributed by atoms with van der Waals surface area (Å²) in [5, 5.41) is 13.1. The van der Waals surface area contributed by atoms with Crippen LogP contribution in [0.25, 0.3) is 11.3 Å². The first-order valence-electron chi connectivity index (χ1n) is 13.2. The lowest BCUT2D eigenvalue weighted by Crippen LogP contribution is -2.39. The van der Waals surface area contributed by atoms with E-state index in [-0.39, 0.29) is 29.1 Å². The lowest BCUT2D eigenvalue weighted by atomic mass is 10.2. The second-order valence-corrected chi connectivity index (χ2v) is 9.55. The molecule has 0 spiro atoms. The van der Waals surface area contributed by atoms with Crippen molar-refractivity contribution in [2.24, 2.45) is 0 Å². The molecule has 0 aliphatic carbocycles. The molecule has 1 fully saturated rings. The van der Waals surface area contributed by atoms with E-state index in [1.807, 2.05) is 67.9 Å². The molecule has 1 aliphatic heterocycles. The summed E-state index contributed by atoms with van der Waals surface area (Å²) in [6, 6.07) is 12.6. The molecule has 39 heavy (non-hydrogen) atoms. The minimum atomic E-state index is -0.358. The van der Waals surface area contributed by atoms with Gasteiger partial charge in [0.15, 0.2) is 11.5 Å². The molecule has 204 valence electrons. The molecule has 1 atom stereocenters. The van der Waals surface area contributed by atoms with Crippen molar-refractivity contribution in [1.29, 1.82) is 0 Å². The maximum Gasteiger partial charge on any atom is 0.320 e. The van der Waals surface area contributed by atoms with Crippen LogP contribution in [0.4, 0.5) is 16.4 Å². The number of amides is 3. The van der Waals surface area contributed by atoms with E-state index in [9.17, 15) is 14.4 Å². The summed E-state index contributed by atoms with van der Waals surface area (Å²) in [6.45, 7) is 8.11. The average molecular weight is 532 g/mol. The fourth-order valence-electron chi connectivity index (χ4n) is 4.98. The van der Waals surface area contributed by atoms with Gasteiger partial charge in [0, 0.05) is 32.2 Å². The zero-order valence-electron chi connectivity index (χ0n) is 22.3. The zero-order valence-corrected chi connectivity index (χ0v) is 22.3. The third-order valence-corrected chi connectivity index (χ3v) is 6.79. The molecule has 3 aromatic heterocycles. The second-order valence-electron chi connectivity index (χ2n) is 9.55. The van der Waals surface area contributed by atoms with Crippen LogP contribution in [0.1, 0.15) is 42.7 Å². The van der Waals surface area contributed by atoms with Crippen molar-refractivity contribution < 1.29 is 9.59 Å². The minimum absolute atomic E-state index is 0.133. The minimum Gasteiger partial charge on any atom is -0.353 e. The number of imidazole rings is 1. The highest BCUT2D eigenvalue weighted by Crippen LogP contribution is 2.20. The van der Waals surface area contributed by atoms with Gasteiger partial charge in [0.2, 0.25) is 0 Å². The molecule has 0 bridgehead atoms. The van der Waals surface area contributed by atoms with E-state index in [0.29, 0.717) is 43.3 Å². The number of rotatable bonds is 8. The third-order valence-electron chi connectivity index (χ3n) is 6.79. The number of benzene rings is 1. The monoisotopic (exact) mass is 531 g/mol. The first-order valence-corrected chi connectivity index (χ1v) is 13.2. The molecule has 3 amide bonds. The molecule has 4 heterocycles. The normalized spacial score (nSPS) is 15.1. The first-order chi connectivity index (χ1) is 18.9. The molecular formula is C27H33N9O3. The number of hydrogen-bond acceptors (Lipinski definition) is 6. The van der Waals surface area contributed by atoms with Crippen LogP contribution in [0.3, 0.4) is 0 Å². The van der Waals surface area contributed by atoms with Gasteiger partial charge in [-0.05, 0) is 51.0 Å². The van der Waals surface area contributed by atoms with Crippen molar-refractivity contribution in [3.05, 3.63) is 70.3 Å². The summed E-state index contributed by atoms with van der Waals surface area (Å²) in [5.41, 5.74) is 1.86. The van der Waals surface area contributed by atoms with Crippen LogP contribution in [0.5, 0.6) is 0 Å². The van der Waals surface area contributed by atoms with Gasteiger partial charge < -0.3 is 15.5 Å². The van der Waals surface area contributed by atoms with Crippen LogP contribution in [0.2, 0.25) is 0 Å². The standard InChI is InChI=1S/C27H33N9O3/c1-4-14-35-18(3)24(26(38)36(35)20-9-7-6-8-10-20)25(37)29-19-13-15-33(16-19)23-12-11-22-30-21(17-34(22)32-23)31-27(39)28-5-2/h6-12,17,19H,4-5,13-16H2,1-3H3,(H,29,37)(H2,28,31,39)/t19-/m0/s1. The topological polar surface area (TPSA) is 131 Å². The van der Waals surface area contributed by atoms with Gasteiger partial charge in [0.25, 0.3) is 11.5 Å². The van der Waals surface area contributed by atoms with Crippen LogP contribution >= 0.6 is 0 Å². The smallest absolute Gasteiger partial charge is 0.320 e. The molecule has 1 saturated heterocycles. The molecule has 12 nitrogen and oxygen atoms in total. The fourth-order valence-corrected chi connectivity index (χ4v) is 4.98. The van der Waals surface area contributed by atoms with Gasteiger partial charge in [-0.2, -0.15) is 0 Å². The molecule has 12 heteroatoms. The fraction of sp³-hybridized carbons (Fsp3) is 0.370. The summed E-state index contributed by atoms with van der Waals surface area (Å²) in [6.07, 6.45) is 3.21. The van der Waals surface area contributed by atoms with E-state index >= 15 is 0 Å². The third kappa shape index (κ3) is 5.22. The number of urea groups is 1. The van der Waals surface area contributed by atoms with Gasteiger partial charge in [-0.25, -0.2) is 19.0 Å². The highest BCUT2D eigenvalue weighted by molar-refractivity contribution is 5.95. The first kappa shape index (κ1) is 26.0. The molecule has 4 aromatic rings. The van der Waals surface area contributed by atoms with Gasteiger partial charge in [-0.3, -0.25) is 19.6 Å². The highest BCUT2D eigenvalue weighted by atomic mass is 16.2. The lowest BCUT2D eigenvalue weighted by Gasteiger charge is -2.17. The quantitative estimate of drug-likeness (QED) is 0.320. The Morgan fingerprint density at radius 3 is 2.64 bits per heavy atom. The second kappa shape index (κ2) is 11.0. The van der Waals surface area contributed by atoms with Crippen LogP contribution in [-0.4, -0.2) is 61.6 Å². The van der Waals surface area contributed by atoms with Gasteiger partial charge in [-0.1, -0.05) is 25.1 Å². The molecule has 0 radical (unpaired) electrons. The highest BCUT2D eigenvalue weighted by Gasteiger charge is 2.29.